The average molecular weight is 366 g/mol. The molecular formula is C22H23FN2O2. The Morgan fingerprint density at radius 1 is 1.11 bits per heavy atom. The van der Waals surface area contributed by atoms with Crippen LogP contribution in [0.1, 0.15) is 22.5 Å². The number of carbonyl (C=O) groups excluding carboxylic acids is 1. The molecule has 0 unspecified atom stereocenters. The van der Waals surface area contributed by atoms with Crippen molar-refractivity contribution in [3.8, 4) is 16.9 Å². The minimum absolute atomic E-state index is 0.170. The molecule has 1 N–H and O–H groups in total. The van der Waals surface area contributed by atoms with Crippen LogP contribution in [0, 0.1) is 12.7 Å². The second-order valence-electron chi connectivity index (χ2n) is 6.28. The molecule has 1 heterocycles. The van der Waals surface area contributed by atoms with Crippen molar-refractivity contribution in [3.63, 3.8) is 0 Å². The molecule has 27 heavy (non-hydrogen) atoms. The topological polar surface area (TPSA) is 43.3 Å². The Kier molecular flexibility index (Phi) is 6.04. The van der Waals surface area contributed by atoms with E-state index < -0.39 is 0 Å². The minimum atomic E-state index is -0.333. The van der Waals surface area contributed by atoms with Crippen molar-refractivity contribution in [2.24, 2.45) is 0 Å². The van der Waals surface area contributed by atoms with Crippen molar-refractivity contribution in [3.05, 3.63) is 77.7 Å². The standard InChI is InChI=1S/C22H23FN2O2/c1-16-18(22(26)24-13-8-14-27-2)15-21(17-9-4-3-5-10-17)25(16)20-12-7-6-11-19(20)23/h3-7,9-12,15H,8,13-14H2,1-2H3,(H,24,26). The van der Waals surface area contributed by atoms with Crippen molar-refractivity contribution in [1.82, 2.24) is 9.88 Å². The van der Waals surface area contributed by atoms with Crippen LogP contribution < -0.4 is 5.32 Å². The SMILES string of the molecule is COCCCNC(=O)c1cc(-c2ccccc2)n(-c2ccccc2F)c1C. The van der Waals surface area contributed by atoms with Crippen LogP contribution in [0.3, 0.4) is 0 Å². The van der Waals surface area contributed by atoms with Gasteiger partial charge in [-0.2, -0.15) is 0 Å². The number of benzene rings is 2. The van der Waals surface area contributed by atoms with E-state index in [9.17, 15) is 9.18 Å². The number of nitrogens with one attached hydrogen (secondary N) is 1. The van der Waals surface area contributed by atoms with E-state index in [2.05, 4.69) is 5.32 Å². The van der Waals surface area contributed by atoms with E-state index in [0.717, 1.165) is 17.7 Å². The highest BCUT2D eigenvalue weighted by atomic mass is 19.1. The summed E-state index contributed by atoms with van der Waals surface area (Å²) in [4.78, 5) is 12.7. The van der Waals surface area contributed by atoms with Crippen molar-refractivity contribution >= 4 is 5.91 Å². The van der Waals surface area contributed by atoms with Crippen LogP contribution in [-0.4, -0.2) is 30.7 Å². The molecule has 1 aromatic heterocycles. The zero-order valence-electron chi connectivity index (χ0n) is 15.5. The van der Waals surface area contributed by atoms with Crippen LogP contribution in [0.5, 0.6) is 0 Å². The van der Waals surface area contributed by atoms with Crippen LogP contribution in [0.25, 0.3) is 16.9 Å². The molecule has 3 rings (SSSR count). The maximum absolute atomic E-state index is 14.5. The van der Waals surface area contributed by atoms with Crippen LogP contribution >= 0.6 is 0 Å². The molecule has 140 valence electrons. The normalized spacial score (nSPS) is 10.8. The Bertz CT molecular complexity index is 919. The molecule has 0 spiro atoms. The average Bonchev–Trinajstić information content (AvgIpc) is 3.03. The number of hydrogen-bond donors (Lipinski definition) is 1. The van der Waals surface area contributed by atoms with Gasteiger partial charge in [0.1, 0.15) is 5.82 Å². The molecule has 0 fully saturated rings. The van der Waals surface area contributed by atoms with Crippen LogP contribution in [-0.2, 0) is 4.74 Å². The predicted molar refractivity (Wildman–Crippen MR) is 105 cm³/mol. The Balaban J connectivity index is 2.05. The molecule has 0 atom stereocenters. The molecule has 0 saturated heterocycles. The summed E-state index contributed by atoms with van der Waals surface area (Å²) in [6, 6.07) is 18.1. The van der Waals surface area contributed by atoms with Crippen molar-refractivity contribution in [2.75, 3.05) is 20.3 Å². The van der Waals surface area contributed by atoms with Gasteiger partial charge in [0.2, 0.25) is 0 Å². The molecule has 0 aliphatic rings. The van der Waals surface area contributed by atoms with Crippen LogP contribution in [0.4, 0.5) is 4.39 Å². The summed E-state index contributed by atoms with van der Waals surface area (Å²) in [7, 11) is 1.63. The van der Waals surface area contributed by atoms with E-state index in [1.807, 2.05) is 43.3 Å². The Morgan fingerprint density at radius 3 is 2.52 bits per heavy atom. The molecular weight excluding hydrogens is 343 g/mol. The lowest BCUT2D eigenvalue weighted by Crippen LogP contribution is -2.25. The van der Waals surface area contributed by atoms with Gasteiger partial charge < -0.3 is 14.6 Å². The summed E-state index contributed by atoms with van der Waals surface area (Å²) in [6.07, 6.45) is 0.737. The van der Waals surface area contributed by atoms with Gasteiger partial charge in [0.25, 0.3) is 5.91 Å². The first-order chi connectivity index (χ1) is 13.1. The van der Waals surface area contributed by atoms with E-state index in [-0.39, 0.29) is 11.7 Å². The Morgan fingerprint density at radius 2 is 1.81 bits per heavy atom. The lowest BCUT2D eigenvalue weighted by molar-refractivity contribution is 0.0948. The zero-order chi connectivity index (χ0) is 19.2. The van der Waals surface area contributed by atoms with E-state index in [0.29, 0.717) is 30.1 Å². The molecule has 3 aromatic rings. The van der Waals surface area contributed by atoms with Crippen molar-refractivity contribution in [1.29, 1.82) is 0 Å². The second-order valence-corrected chi connectivity index (χ2v) is 6.28. The minimum Gasteiger partial charge on any atom is -0.385 e. The van der Waals surface area contributed by atoms with Gasteiger partial charge in [-0.25, -0.2) is 4.39 Å². The maximum atomic E-state index is 14.5. The van der Waals surface area contributed by atoms with Gasteiger partial charge in [-0.15, -0.1) is 0 Å². The summed E-state index contributed by atoms with van der Waals surface area (Å²) in [5.41, 5.74) is 3.35. The lowest BCUT2D eigenvalue weighted by Gasteiger charge is -2.13. The van der Waals surface area contributed by atoms with Gasteiger partial charge in [0.15, 0.2) is 0 Å². The number of methoxy groups -OCH3 is 1. The van der Waals surface area contributed by atoms with E-state index >= 15 is 0 Å². The summed E-state index contributed by atoms with van der Waals surface area (Å²) >= 11 is 0. The largest absolute Gasteiger partial charge is 0.385 e. The quantitative estimate of drug-likeness (QED) is 0.632. The van der Waals surface area contributed by atoms with Gasteiger partial charge in [-0.3, -0.25) is 4.79 Å². The third-order valence-electron chi connectivity index (χ3n) is 4.47. The van der Waals surface area contributed by atoms with Crippen molar-refractivity contribution < 1.29 is 13.9 Å². The smallest absolute Gasteiger partial charge is 0.253 e. The first-order valence-corrected chi connectivity index (χ1v) is 8.93. The molecule has 2 aromatic carbocycles. The highest BCUT2D eigenvalue weighted by Gasteiger charge is 2.20. The number of para-hydroxylation sites is 1. The summed E-state index contributed by atoms with van der Waals surface area (Å²) in [5, 5.41) is 2.91. The fraction of sp³-hybridized carbons (Fsp3) is 0.227. The van der Waals surface area contributed by atoms with Crippen LogP contribution in [0.15, 0.2) is 60.7 Å². The summed E-state index contributed by atoms with van der Waals surface area (Å²) in [6.45, 7) is 2.95. The summed E-state index contributed by atoms with van der Waals surface area (Å²) in [5.74, 6) is -0.503. The van der Waals surface area contributed by atoms with Gasteiger partial charge in [0, 0.05) is 26.0 Å². The number of halogens is 1. The van der Waals surface area contributed by atoms with Crippen molar-refractivity contribution in [2.45, 2.75) is 13.3 Å². The first kappa shape index (κ1) is 18.9. The Hall–Kier alpha value is -2.92. The lowest BCUT2D eigenvalue weighted by atomic mass is 10.1. The molecule has 0 radical (unpaired) electrons. The monoisotopic (exact) mass is 366 g/mol. The predicted octanol–water partition coefficient (Wildman–Crippen LogP) is 4.36. The molecule has 0 bridgehead atoms. The molecule has 4 nitrogen and oxygen atoms in total. The van der Waals surface area contributed by atoms with Gasteiger partial charge >= 0.3 is 0 Å². The molecule has 0 saturated carbocycles. The Labute approximate surface area is 158 Å². The van der Waals surface area contributed by atoms with E-state index in [1.54, 1.807) is 29.9 Å². The number of rotatable bonds is 7. The number of aromatic nitrogens is 1. The molecule has 1 amide bonds. The van der Waals surface area contributed by atoms with Gasteiger partial charge in [0.05, 0.1) is 16.9 Å². The van der Waals surface area contributed by atoms with Gasteiger partial charge in [-0.05, 0) is 37.1 Å². The number of ether oxygens (including phenoxy) is 1. The van der Waals surface area contributed by atoms with Crippen LogP contribution in [0.2, 0.25) is 0 Å². The number of hydrogen-bond acceptors (Lipinski definition) is 2. The fourth-order valence-electron chi connectivity index (χ4n) is 3.12. The first-order valence-electron chi connectivity index (χ1n) is 8.93. The fourth-order valence-corrected chi connectivity index (χ4v) is 3.12. The van der Waals surface area contributed by atoms with Gasteiger partial charge in [-0.1, -0.05) is 42.5 Å². The molecule has 5 heteroatoms. The third-order valence-corrected chi connectivity index (χ3v) is 4.47. The number of carbonyl (C=O) groups is 1. The highest BCUT2D eigenvalue weighted by molar-refractivity contribution is 5.97. The number of amides is 1. The highest BCUT2D eigenvalue weighted by Crippen LogP contribution is 2.30. The third kappa shape index (κ3) is 4.09. The molecule has 0 aliphatic carbocycles. The van der Waals surface area contributed by atoms with E-state index in [4.69, 9.17) is 4.74 Å². The maximum Gasteiger partial charge on any atom is 0.253 e. The number of nitrogens with zero attached hydrogens (tertiary/aromatic N) is 1. The zero-order valence-corrected chi connectivity index (χ0v) is 15.5. The summed E-state index contributed by atoms with van der Waals surface area (Å²) < 4.78 is 21.3. The van der Waals surface area contributed by atoms with E-state index in [1.165, 1.54) is 6.07 Å². The molecule has 0 aliphatic heterocycles. The second kappa shape index (κ2) is 8.64.